The van der Waals surface area contributed by atoms with E-state index in [-0.39, 0.29) is 0 Å². The Kier molecular flexibility index (Phi) is 3.39. The van der Waals surface area contributed by atoms with Crippen molar-refractivity contribution in [3.63, 3.8) is 0 Å². The topological polar surface area (TPSA) is 62.0 Å². The average Bonchev–Trinajstić information content (AvgIpc) is 2.46. The Morgan fingerprint density at radius 3 is 2.50 bits per heavy atom. The molecule has 18 heavy (non-hydrogen) atoms. The number of nitriles is 1. The molecule has 0 saturated heterocycles. The lowest BCUT2D eigenvalue weighted by atomic mass is 10.1. The number of hydrogen-bond donors (Lipinski definition) is 0. The number of ether oxygens (including phenoxy) is 1. The first kappa shape index (κ1) is 11.9. The van der Waals surface area contributed by atoms with Crippen molar-refractivity contribution in [3.8, 4) is 23.1 Å². The van der Waals surface area contributed by atoms with Gasteiger partial charge in [0.05, 0.1) is 7.11 Å². The minimum atomic E-state index is 0.371. The summed E-state index contributed by atoms with van der Waals surface area (Å²) < 4.78 is 5.28. The summed E-state index contributed by atoms with van der Waals surface area (Å²) in [5.74, 6) is 1.14. The second-order valence-electron chi connectivity index (χ2n) is 3.63. The van der Waals surface area contributed by atoms with Gasteiger partial charge in [0.1, 0.15) is 5.75 Å². The van der Waals surface area contributed by atoms with Gasteiger partial charge in [0, 0.05) is 30.6 Å². The second-order valence-corrected chi connectivity index (χ2v) is 3.63. The van der Waals surface area contributed by atoms with Gasteiger partial charge in [-0.1, -0.05) is 18.2 Å². The van der Waals surface area contributed by atoms with Gasteiger partial charge >= 0.3 is 0 Å². The summed E-state index contributed by atoms with van der Waals surface area (Å²) in [4.78, 5) is 9.57. The molecule has 1 aromatic heterocycles. The average molecular weight is 240 g/mol. The zero-order valence-electron chi connectivity index (χ0n) is 10.2. The van der Waals surface area contributed by atoms with E-state index in [0.29, 0.717) is 5.95 Å². The van der Waals surface area contributed by atoms with Crippen LogP contribution in [-0.2, 0) is 0 Å². The molecular formula is C13H12N4O. The molecule has 90 valence electrons. The molecule has 5 nitrogen and oxygen atoms in total. The predicted molar refractivity (Wildman–Crippen MR) is 68.0 cm³/mol. The first-order valence-corrected chi connectivity index (χ1v) is 5.35. The Balaban J connectivity index is 2.38. The fourth-order valence-electron chi connectivity index (χ4n) is 1.56. The van der Waals surface area contributed by atoms with Gasteiger partial charge in [-0.05, 0) is 6.07 Å². The third kappa shape index (κ3) is 2.23. The van der Waals surface area contributed by atoms with Gasteiger partial charge in [-0.15, -0.1) is 0 Å². The van der Waals surface area contributed by atoms with E-state index in [1.54, 1.807) is 26.6 Å². The number of hydrogen-bond acceptors (Lipinski definition) is 5. The number of para-hydroxylation sites is 1. The van der Waals surface area contributed by atoms with E-state index in [1.165, 1.54) is 4.90 Å². The van der Waals surface area contributed by atoms with Crippen LogP contribution < -0.4 is 9.64 Å². The summed E-state index contributed by atoms with van der Waals surface area (Å²) in [5.41, 5.74) is 1.77. The Labute approximate surface area is 105 Å². The van der Waals surface area contributed by atoms with Crippen LogP contribution in [0.25, 0.3) is 11.1 Å². The lowest BCUT2D eigenvalue weighted by molar-refractivity contribution is 0.416. The molecule has 0 N–H and O–H groups in total. The van der Waals surface area contributed by atoms with Gasteiger partial charge in [-0.25, -0.2) is 9.97 Å². The van der Waals surface area contributed by atoms with Gasteiger partial charge in [-0.3, -0.25) is 4.90 Å². The van der Waals surface area contributed by atoms with E-state index in [2.05, 4.69) is 9.97 Å². The van der Waals surface area contributed by atoms with Crippen LogP contribution in [0.4, 0.5) is 5.95 Å². The SMILES string of the molecule is COc1ccccc1-c1cnc(N(C)C#N)nc1. The summed E-state index contributed by atoms with van der Waals surface area (Å²) >= 11 is 0. The number of anilines is 1. The molecular weight excluding hydrogens is 228 g/mol. The zero-order valence-corrected chi connectivity index (χ0v) is 10.2. The summed E-state index contributed by atoms with van der Waals surface area (Å²) in [6.07, 6.45) is 5.30. The highest BCUT2D eigenvalue weighted by Gasteiger charge is 2.07. The van der Waals surface area contributed by atoms with E-state index in [4.69, 9.17) is 10.00 Å². The molecule has 0 fully saturated rings. The molecule has 0 radical (unpaired) electrons. The largest absolute Gasteiger partial charge is 0.496 e. The standard InChI is InChI=1S/C13H12N4O/c1-17(9-14)13-15-7-10(8-16-13)11-5-3-4-6-12(11)18-2/h3-8H,1-2H3. The van der Waals surface area contributed by atoms with Crippen LogP contribution in [0, 0.1) is 11.5 Å². The molecule has 2 aromatic rings. The lowest BCUT2D eigenvalue weighted by Crippen LogP contribution is -2.11. The van der Waals surface area contributed by atoms with Crippen LogP contribution in [0.2, 0.25) is 0 Å². The van der Waals surface area contributed by atoms with Crippen LogP contribution in [0.1, 0.15) is 0 Å². The van der Waals surface area contributed by atoms with Crippen LogP contribution in [0.5, 0.6) is 5.75 Å². The van der Waals surface area contributed by atoms with Gasteiger partial charge in [-0.2, -0.15) is 5.26 Å². The quantitative estimate of drug-likeness (QED) is 0.607. The molecule has 0 atom stereocenters. The molecule has 0 unspecified atom stereocenters. The lowest BCUT2D eigenvalue weighted by Gasteiger charge is -2.09. The van der Waals surface area contributed by atoms with Gasteiger partial charge in [0.15, 0.2) is 6.19 Å². The number of methoxy groups -OCH3 is 1. The molecule has 5 heteroatoms. The fourth-order valence-corrected chi connectivity index (χ4v) is 1.56. The molecule has 1 aromatic carbocycles. The number of nitrogens with zero attached hydrogens (tertiary/aromatic N) is 4. The zero-order chi connectivity index (χ0) is 13.0. The highest BCUT2D eigenvalue weighted by atomic mass is 16.5. The fraction of sp³-hybridized carbons (Fsp3) is 0.154. The van der Waals surface area contributed by atoms with Crippen molar-refractivity contribution in [1.29, 1.82) is 5.26 Å². The Morgan fingerprint density at radius 1 is 1.22 bits per heavy atom. The number of benzene rings is 1. The van der Waals surface area contributed by atoms with Crippen molar-refractivity contribution in [2.45, 2.75) is 0 Å². The molecule has 0 amide bonds. The maximum atomic E-state index is 8.73. The van der Waals surface area contributed by atoms with Crippen molar-refractivity contribution in [3.05, 3.63) is 36.7 Å². The maximum Gasteiger partial charge on any atom is 0.238 e. The molecule has 0 aliphatic rings. The highest BCUT2D eigenvalue weighted by Crippen LogP contribution is 2.28. The van der Waals surface area contributed by atoms with E-state index in [0.717, 1.165) is 16.9 Å². The predicted octanol–water partition coefficient (Wildman–Crippen LogP) is 2.07. The number of aromatic nitrogens is 2. The third-order valence-corrected chi connectivity index (χ3v) is 2.51. The van der Waals surface area contributed by atoms with Gasteiger partial charge < -0.3 is 4.74 Å². The molecule has 0 bridgehead atoms. The Bertz CT molecular complexity index is 574. The second kappa shape index (κ2) is 5.15. The van der Waals surface area contributed by atoms with E-state index in [1.807, 2.05) is 30.5 Å². The van der Waals surface area contributed by atoms with E-state index in [9.17, 15) is 0 Å². The van der Waals surface area contributed by atoms with Crippen LogP contribution in [-0.4, -0.2) is 24.1 Å². The summed E-state index contributed by atoms with van der Waals surface area (Å²) in [6.45, 7) is 0. The number of rotatable bonds is 3. The van der Waals surface area contributed by atoms with Gasteiger partial charge in [0.2, 0.25) is 5.95 Å². The van der Waals surface area contributed by atoms with Gasteiger partial charge in [0.25, 0.3) is 0 Å². The molecule has 0 aliphatic heterocycles. The van der Waals surface area contributed by atoms with Crippen molar-refractivity contribution in [2.24, 2.45) is 0 Å². The molecule has 2 rings (SSSR count). The van der Waals surface area contributed by atoms with Crippen molar-refractivity contribution in [2.75, 3.05) is 19.1 Å². The van der Waals surface area contributed by atoms with E-state index >= 15 is 0 Å². The minimum Gasteiger partial charge on any atom is -0.496 e. The maximum absolute atomic E-state index is 8.73. The molecule has 0 spiro atoms. The normalized spacial score (nSPS) is 9.61. The molecule has 0 aliphatic carbocycles. The third-order valence-electron chi connectivity index (χ3n) is 2.51. The molecule has 1 heterocycles. The Morgan fingerprint density at radius 2 is 1.89 bits per heavy atom. The van der Waals surface area contributed by atoms with Crippen molar-refractivity contribution < 1.29 is 4.74 Å². The Hall–Kier alpha value is -2.61. The minimum absolute atomic E-state index is 0.371. The van der Waals surface area contributed by atoms with Crippen LogP contribution in [0.3, 0.4) is 0 Å². The summed E-state index contributed by atoms with van der Waals surface area (Å²) in [6, 6.07) is 7.64. The highest BCUT2D eigenvalue weighted by molar-refractivity contribution is 5.69. The summed E-state index contributed by atoms with van der Waals surface area (Å²) in [5, 5.41) is 8.73. The van der Waals surface area contributed by atoms with E-state index < -0.39 is 0 Å². The first-order valence-electron chi connectivity index (χ1n) is 5.35. The van der Waals surface area contributed by atoms with Crippen molar-refractivity contribution >= 4 is 5.95 Å². The molecule has 0 saturated carbocycles. The van der Waals surface area contributed by atoms with Crippen LogP contribution >= 0.6 is 0 Å². The monoisotopic (exact) mass is 240 g/mol. The smallest absolute Gasteiger partial charge is 0.238 e. The van der Waals surface area contributed by atoms with Crippen LogP contribution in [0.15, 0.2) is 36.7 Å². The van der Waals surface area contributed by atoms with Crippen molar-refractivity contribution in [1.82, 2.24) is 9.97 Å². The summed E-state index contributed by atoms with van der Waals surface area (Å²) in [7, 11) is 3.23. The first-order chi connectivity index (χ1) is 8.76.